The molecule has 0 atom stereocenters. The van der Waals surface area contributed by atoms with E-state index in [4.69, 9.17) is 0 Å². The van der Waals surface area contributed by atoms with E-state index in [-0.39, 0.29) is 5.91 Å². The Hall–Kier alpha value is -2.07. The largest absolute Gasteiger partial charge is 0.360 e. The lowest BCUT2D eigenvalue weighted by molar-refractivity contribution is 0.102. The zero-order valence-corrected chi connectivity index (χ0v) is 12.5. The van der Waals surface area contributed by atoms with Crippen LogP contribution in [0.5, 0.6) is 0 Å². The molecule has 3 aromatic rings. The third-order valence-corrected chi connectivity index (χ3v) is 4.12. The number of carbonyl (C=O) groups is 1. The zero-order valence-electron chi connectivity index (χ0n) is 10.9. The van der Waals surface area contributed by atoms with Crippen molar-refractivity contribution in [3.63, 3.8) is 0 Å². The van der Waals surface area contributed by atoms with Crippen LogP contribution in [0.3, 0.4) is 0 Å². The number of anilines is 1. The van der Waals surface area contributed by atoms with Crippen molar-refractivity contribution in [1.29, 1.82) is 0 Å². The molecule has 0 radical (unpaired) electrons. The van der Waals surface area contributed by atoms with Gasteiger partial charge in [-0.15, -0.1) is 0 Å². The molecule has 0 bridgehead atoms. The average Bonchev–Trinajstić information content (AvgIpc) is 2.87. The maximum absolute atomic E-state index is 12.3. The number of amides is 1. The second-order valence-corrected chi connectivity index (χ2v) is 5.52. The molecule has 3 rings (SSSR count). The van der Waals surface area contributed by atoms with E-state index in [0.717, 1.165) is 26.6 Å². The molecule has 1 amide bonds. The number of fused-ring (bicyclic) bond motifs is 1. The van der Waals surface area contributed by atoms with Crippen molar-refractivity contribution in [2.75, 3.05) is 5.32 Å². The van der Waals surface area contributed by atoms with Crippen molar-refractivity contribution >= 4 is 38.4 Å². The lowest BCUT2D eigenvalue weighted by Crippen LogP contribution is -2.11. The van der Waals surface area contributed by atoms with Crippen LogP contribution in [0.15, 0.2) is 53.1 Å². The maximum Gasteiger partial charge on any atom is 0.257 e. The Balaban J connectivity index is 1.91. The predicted octanol–water partition coefficient (Wildman–Crippen LogP) is 4.49. The van der Waals surface area contributed by atoms with Gasteiger partial charge in [0.2, 0.25) is 0 Å². The summed E-state index contributed by atoms with van der Waals surface area (Å²) in [6.07, 6.45) is 1.74. The summed E-state index contributed by atoms with van der Waals surface area (Å²) in [7, 11) is 0. The standard InChI is InChI=1S/C16H13BrN2O/c1-10-6-7-11(8-14(10)17)19-16(20)13-9-18-15-5-3-2-4-12(13)15/h2-9,18H,1H3,(H,19,20). The molecule has 0 aliphatic rings. The van der Waals surface area contributed by atoms with Crippen molar-refractivity contribution < 1.29 is 4.79 Å². The Morgan fingerprint density at radius 1 is 1.20 bits per heavy atom. The number of hydrogen-bond acceptors (Lipinski definition) is 1. The number of hydrogen-bond donors (Lipinski definition) is 2. The second-order valence-electron chi connectivity index (χ2n) is 4.67. The van der Waals surface area contributed by atoms with Gasteiger partial charge in [-0.25, -0.2) is 0 Å². The first-order valence-corrected chi connectivity index (χ1v) is 7.08. The highest BCUT2D eigenvalue weighted by Gasteiger charge is 2.12. The molecule has 0 fully saturated rings. The van der Waals surface area contributed by atoms with Crippen molar-refractivity contribution in [3.05, 3.63) is 64.3 Å². The normalized spacial score (nSPS) is 10.7. The molecular formula is C16H13BrN2O. The number of nitrogens with one attached hydrogen (secondary N) is 2. The molecule has 1 heterocycles. The molecule has 3 nitrogen and oxygen atoms in total. The van der Waals surface area contributed by atoms with Crippen LogP contribution < -0.4 is 5.32 Å². The molecule has 0 aliphatic heterocycles. The van der Waals surface area contributed by atoms with Gasteiger partial charge in [0.1, 0.15) is 0 Å². The summed E-state index contributed by atoms with van der Waals surface area (Å²) in [5, 5.41) is 3.84. The van der Waals surface area contributed by atoms with Crippen LogP contribution in [0.4, 0.5) is 5.69 Å². The Morgan fingerprint density at radius 2 is 2.00 bits per heavy atom. The third-order valence-electron chi connectivity index (χ3n) is 3.26. The van der Waals surface area contributed by atoms with E-state index < -0.39 is 0 Å². The highest BCUT2D eigenvalue weighted by molar-refractivity contribution is 9.10. The van der Waals surface area contributed by atoms with Crippen LogP contribution in [0.25, 0.3) is 10.9 Å². The number of carbonyl (C=O) groups excluding carboxylic acids is 1. The van der Waals surface area contributed by atoms with E-state index >= 15 is 0 Å². The third kappa shape index (κ3) is 2.34. The Morgan fingerprint density at radius 3 is 2.80 bits per heavy atom. The predicted molar refractivity (Wildman–Crippen MR) is 85.1 cm³/mol. The number of benzene rings is 2. The lowest BCUT2D eigenvalue weighted by Gasteiger charge is -2.06. The molecule has 2 N–H and O–H groups in total. The number of aromatic nitrogens is 1. The first-order valence-electron chi connectivity index (χ1n) is 6.29. The molecule has 4 heteroatoms. The summed E-state index contributed by atoms with van der Waals surface area (Å²) in [5.74, 6) is -0.113. The highest BCUT2D eigenvalue weighted by Crippen LogP contribution is 2.23. The van der Waals surface area contributed by atoms with Crippen LogP contribution in [-0.4, -0.2) is 10.9 Å². The van der Waals surface area contributed by atoms with Gasteiger partial charge in [-0.1, -0.05) is 40.2 Å². The van der Waals surface area contributed by atoms with E-state index in [1.165, 1.54) is 0 Å². The topological polar surface area (TPSA) is 44.9 Å². The van der Waals surface area contributed by atoms with Gasteiger partial charge in [0.15, 0.2) is 0 Å². The smallest absolute Gasteiger partial charge is 0.257 e. The number of halogens is 1. The lowest BCUT2D eigenvalue weighted by atomic mass is 10.1. The van der Waals surface area contributed by atoms with Gasteiger partial charge >= 0.3 is 0 Å². The molecule has 0 spiro atoms. The highest BCUT2D eigenvalue weighted by atomic mass is 79.9. The molecule has 1 aromatic heterocycles. The summed E-state index contributed by atoms with van der Waals surface area (Å²) in [5.41, 5.74) is 3.52. The summed E-state index contributed by atoms with van der Waals surface area (Å²) in [6.45, 7) is 2.01. The van der Waals surface area contributed by atoms with Gasteiger partial charge in [0.05, 0.1) is 5.56 Å². The van der Waals surface area contributed by atoms with E-state index in [2.05, 4.69) is 26.2 Å². The summed E-state index contributed by atoms with van der Waals surface area (Å²) >= 11 is 3.47. The fourth-order valence-corrected chi connectivity index (χ4v) is 2.51. The second kappa shape index (κ2) is 5.13. The number of aryl methyl sites for hydroxylation is 1. The SMILES string of the molecule is Cc1ccc(NC(=O)c2c[nH]c3ccccc23)cc1Br. The van der Waals surface area contributed by atoms with Gasteiger partial charge in [-0.05, 0) is 30.7 Å². The number of H-pyrrole nitrogens is 1. The molecular weight excluding hydrogens is 316 g/mol. The van der Waals surface area contributed by atoms with Crippen LogP contribution in [0, 0.1) is 6.92 Å². The summed E-state index contributed by atoms with van der Waals surface area (Å²) in [6, 6.07) is 13.5. The van der Waals surface area contributed by atoms with E-state index in [1.807, 2.05) is 49.4 Å². The average molecular weight is 329 g/mol. The minimum absolute atomic E-state index is 0.113. The van der Waals surface area contributed by atoms with Gasteiger partial charge in [-0.3, -0.25) is 4.79 Å². The van der Waals surface area contributed by atoms with Crippen molar-refractivity contribution in [1.82, 2.24) is 4.98 Å². The number of rotatable bonds is 2. The Kier molecular flexibility index (Phi) is 3.32. The fraction of sp³-hybridized carbons (Fsp3) is 0.0625. The Bertz CT molecular complexity index is 792. The first kappa shape index (κ1) is 12.9. The van der Waals surface area contributed by atoms with Crippen molar-refractivity contribution in [3.8, 4) is 0 Å². The summed E-state index contributed by atoms with van der Waals surface area (Å²) < 4.78 is 0.981. The summed E-state index contributed by atoms with van der Waals surface area (Å²) in [4.78, 5) is 15.4. The van der Waals surface area contributed by atoms with Crippen LogP contribution in [0.1, 0.15) is 15.9 Å². The number of aromatic amines is 1. The minimum atomic E-state index is -0.113. The van der Waals surface area contributed by atoms with E-state index in [0.29, 0.717) is 5.56 Å². The van der Waals surface area contributed by atoms with Crippen LogP contribution in [0.2, 0.25) is 0 Å². The first-order chi connectivity index (χ1) is 9.65. The minimum Gasteiger partial charge on any atom is -0.360 e. The molecule has 0 saturated carbocycles. The zero-order chi connectivity index (χ0) is 14.1. The maximum atomic E-state index is 12.3. The quantitative estimate of drug-likeness (QED) is 0.715. The van der Waals surface area contributed by atoms with Crippen molar-refractivity contribution in [2.24, 2.45) is 0 Å². The molecule has 100 valence electrons. The van der Waals surface area contributed by atoms with E-state index in [1.54, 1.807) is 6.20 Å². The molecule has 0 saturated heterocycles. The fourth-order valence-electron chi connectivity index (χ4n) is 2.13. The van der Waals surface area contributed by atoms with Gasteiger partial charge in [0, 0.05) is 27.3 Å². The number of para-hydroxylation sites is 1. The van der Waals surface area contributed by atoms with Crippen LogP contribution in [-0.2, 0) is 0 Å². The van der Waals surface area contributed by atoms with Gasteiger partial charge < -0.3 is 10.3 Å². The molecule has 20 heavy (non-hydrogen) atoms. The van der Waals surface area contributed by atoms with Crippen LogP contribution >= 0.6 is 15.9 Å². The molecule has 0 unspecified atom stereocenters. The molecule has 2 aromatic carbocycles. The molecule has 0 aliphatic carbocycles. The monoisotopic (exact) mass is 328 g/mol. The van der Waals surface area contributed by atoms with Gasteiger partial charge in [0.25, 0.3) is 5.91 Å². The van der Waals surface area contributed by atoms with E-state index in [9.17, 15) is 4.79 Å². The Labute approximate surface area is 125 Å². The van der Waals surface area contributed by atoms with Crippen molar-refractivity contribution in [2.45, 2.75) is 6.92 Å². The van der Waals surface area contributed by atoms with Gasteiger partial charge in [-0.2, -0.15) is 0 Å².